The van der Waals surface area contributed by atoms with Gasteiger partial charge in [0.05, 0.1) is 4.47 Å². The molecule has 0 amide bonds. The van der Waals surface area contributed by atoms with Gasteiger partial charge < -0.3 is 5.32 Å². The number of sulfonamides is 1. The normalized spacial score (nSPS) is 11.1. The van der Waals surface area contributed by atoms with E-state index in [2.05, 4.69) is 35.9 Å². The maximum Gasteiger partial charge on any atom is 0.266 e. The molecule has 8 heteroatoms. The zero-order valence-electron chi connectivity index (χ0n) is 9.96. The average Bonchev–Trinajstić information content (AvgIpc) is 2.41. The molecule has 0 spiro atoms. The minimum Gasteiger partial charge on any atom is -0.372 e. The number of pyridine rings is 2. The van der Waals surface area contributed by atoms with Crippen LogP contribution < -0.4 is 10.0 Å². The predicted octanol–water partition coefficient (Wildman–Crippen LogP) is 2.08. The number of nitrogens with zero attached hydrogens (tertiary/aromatic N) is 2. The lowest BCUT2D eigenvalue weighted by molar-refractivity contribution is 0.601. The molecule has 100 valence electrons. The van der Waals surface area contributed by atoms with Gasteiger partial charge in [-0.2, -0.15) is 0 Å². The second kappa shape index (κ2) is 5.54. The molecule has 19 heavy (non-hydrogen) atoms. The zero-order valence-corrected chi connectivity index (χ0v) is 12.4. The van der Waals surface area contributed by atoms with E-state index in [0.717, 1.165) is 0 Å². The van der Waals surface area contributed by atoms with Gasteiger partial charge in [-0.05, 0) is 40.2 Å². The first-order valence-corrected chi connectivity index (χ1v) is 7.58. The second-order valence-corrected chi connectivity index (χ2v) is 6.04. The van der Waals surface area contributed by atoms with Crippen LogP contribution in [0, 0.1) is 0 Å². The van der Waals surface area contributed by atoms with Gasteiger partial charge in [-0.15, -0.1) is 0 Å². The van der Waals surface area contributed by atoms with Gasteiger partial charge in [0.2, 0.25) is 0 Å². The van der Waals surface area contributed by atoms with Crippen LogP contribution in [0.15, 0.2) is 46.0 Å². The van der Waals surface area contributed by atoms with Crippen molar-refractivity contribution in [1.29, 1.82) is 0 Å². The Hall–Kier alpha value is -1.67. The maximum atomic E-state index is 12.3. The van der Waals surface area contributed by atoms with E-state index >= 15 is 0 Å². The van der Waals surface area contributed by atoms with Gasteiger partial charge in [-0.25, -0.2) is 18.4 Å². The van der Waals surface area contributed by atoms with Crippen molar-refractivity contribution in [3.8, 4) is 0 Å². The van der Waals surface area contributed by atoms with E-state index in [-0.39, 0.29) is 16.5 Å². The average molecular weight is 343 g/mol. The van der Waals surface area contributed by atoms with Crippen molar-refractivity contribution in [2.45, 2.75) is 4.90 Å². The monoisotopic (exact) mass is 342 g/mol. The highest BCUT2D eigenvalue weighted by Crippen LogP contribution is 2.24. The molecule has 0 saturated heterocycles. The van der Waals surface area contributed by atoms with E-state index in [0.29, 0.717) is 4.47 Å². The largest absolute Gasteiger partial charge is 0.372 e. The maximum absolute atomic E-state index is 12.3. The summed E-state index contributed by atoms with van der Waals surface area (Å²) in [5, 5.41) is 2.74. The van der Waals surface area contributed by atoms with Crippen molar-refractivity contribution in [3.05, 3.63) is 41.1 Å². The first-order chi connectivity index (χ1) is 9.04. The van der Waals surface area contributed by atoms with Crippen LogP contribution >= 0.6 is 15.9 Å². The van der Waals surface area contributed by atoms with Gasteiger partial charge in [0.25, 0.3) is 10.0 Å². The topological polar surface area (TPSA) is 84.0 Å². The van der Waals surface area contributed by atoms with E-state index in [4.69, 9.17) is 0 Å². The Kier molecular flexibility index (Phi) is 4.01. The number of halogens is 1. The molecule has 0 aliphatic heterocycles. The summed E-state index contributed by atoms with van der Waals surface area (Å²) in [6, 6.07) is 6.43. The summed E-state index contributed by atoms with van der Waals surface area (Å²) in [5.41, 5.74) is 0. The highest BCUT2D eigenvalue weighted by atomic mass is 79.9. The van der Waals surface area contributed by atoms with Crippen molar-refractivity contribution in [1.82, 2.24) is 9.97 Å². The zero-order chi connectivity index (χ0) is 13.9. The van der Waals surface area contributed by atoms with Crippen LogP contribution in [0.5, 0.6) is 0 Å². The van der Waals surface area contributed by atoms with Gasteiger partial charge in [0.1, 0.15) is 10.7 Å². The van der Waals surface area contributed by atoms with Crippen molar-refractivity contribution < 1.29 is 8.42 Å². The summed E-state index contributed by atoms with van der Waals surface area (Å²) in [6.07, 6.45) is 3.02. The summed E-state index contributed by atoms with van der Waals surface area (Å²) in [5.74, 6) is 0.510. The molecule has 0 bridgehead atoms. The number of hydrogen-bond donors (Lipinski definition) is 2. The summed E-state index contributed by atoms with van der Waals surface area (Å²) in [4.78, 5) is 8.00. The second-order valence-electron chi connectivity index (χ2n) is 3.54. The highest BCUT2D eigenvalue weighted by Gasteiger charge is 2.20. The quantitative estimate of drug-likeness (QED) is 0.888. The molecule has 0 saturated carbocycles. The number of nitrogens with one attached hydrogen (secondary N) is 2. The Bertz CT molecular complexity index is 691. The highest BCUT2D eigenvalue weighted by molar-refractivity contribution is 9.10. The van der Waals surface area contributed by atoms with Crippen LogP contribution in [-0.4, -0.2) is 25.4 Å². The molecule has 0 radical (unpaired) electrons. The minimum atomic E-state index is -3.75. The molecular formula is C11H11BrN4O2S. The van der Waals surface area contributed by atoms with Crippen molar-refractivity contribution in [2.24, 2.45) is 0 Å². The molecule has 2 aromatic rings. The summed E-state index contributed by atoms with van der Waals surface area (Å²) in [6.45, 7) is 0. The molecule has 0 unspecified atom stereocenters. The number of anilines is 2. The third kappa shape index (κ3) is 3.02. The first-order valence-electron chi connectivity index (χ1n) is 5.30. The predicted molar refractivity (Wildman–Crippen MR) is 76.5 cm³/mol. The molecule has 2 aromatic heterocycles. The molecule has 6 nitrogen and oxygen atoms in total. The Morgan fingerprint density at radius 1 is 1.11 bits per heavy atom. The lowest BCUT2D eigenvalue weighted by atomic mass is 10.5. The smallest absolute Gasteiger partial charge is 0.266 e. The van der Waals surface area contributed by atoms with Crippen LogP contribution in [0.2, 0.25) is 0 Å². The molecule has 2 N–H and O–H groups in total. The van der Waals surface area contributed by atoms with Crippen LogP contribution in [-0.2, 0) is 10.0 Å². The Balaban J connectivity index is 2.41. The Labute approximate surface area is 119 Å². The molecule has 2 heterocycles. The molecule has 0 fully saturated rings. The van der Waals surface area contributed by atoms with Crippen LogP contribution in [0.25, 0.3) is 0 Å². The Morgan fingerprint density at radius 3 is 2.37 bits per heavy atom. The molecule has 0 aromatic carbocycles. The third-order valence-corrected chi connectivity index (χ3v) is 4.30. The Morgan fingerprint density at radius 2 is 1.74 bits per heavy atom. The van der Waals surface area contributed by atoms with Gasteiger partial charge >= 0.3 is 0 Å². The lowest BCUT2D eigenvalue weighted by Crippen LogP contribution is -2.16. The standard InChI is InChI=1S/C11H11BrN4O2S/c1-13-11-9(5-3-7-15-11)19(17,18)16-10-8(12)4-2-6-14-10/h2-7H,1H3,(H,13,15)(H,14,16). The van der Waals surface area contributed by atoms with E-state index in [1.807, 2.05) is 0 Å². The van der Waals surface area contributed by atoms with Gasteiger partial charge in [0.15, 0.2) is 5.82 Å². The van der Waals surface area contributed by atoms with E-state index in [1.54, 1.807) is 25.2 Å². The van der Waals surface area contributed by atoms with Crippen LogP contribution in [0.3, 0.4) is 0 Å². The fraction of sp³-hybridized carbons (Fsp3) is 0.0909. The third-order valence-electron chi connectivity index (χ3n) is 2.29. The number of aromatic nitrogens is 2. The molecular weight excluding hydrogens is 332 g/mol. The minimum absolute atomic E-state index is 0.0649. The molecule has 0 aliphatic rings. The fourth-order valence-electron chi connectivity index (χ4n) is 1.44. The van der Waals surface area contributed by atoms with Gasteiger partial charge in [-0.1, -0.05) is 0 Å². The van der Waals surface area contributed by atoms with Crippen LogP contribution in [0.4, 0.5) is 11.6 Å². The first kappa shape index (κ1) is 13.8. The van der Waals surface area contributed by atoms with Gasteiger partial charge in [0, 0.05) is 19.4 Å². The SMILES string of the molecule is CNc1ncccc1S(=O)(=O)Nc1ncccc1Br. The molecule has 0 aliphatic carbocycles. The summed E-state index contributed by atoms with van der Waals surface area (Å²) >= 11 is 3.24. The number of hydrogen-bond acceptors (Lipinski definition) is 5. The van der Waals surface area contributed by atoms with E-state index < -0.39 is 10.0 Å². The van der Waals surface area contributed by atoms with Crippen LogP contribution in [0.1, 0.15) is 0 Å². The van der Waals surface area contributed by atoms with E-state index in [9.17, 15) is 8.42 Å². The van der Waals surface area contributed by atoms with Crippen molar-refractivity contribution >= 4 is 37.6 Å². The van der Waals surface area contributed by atoms with Gasteiger partial charge in [-0.3, -0.25) is 4.72 Å². The summed E-state index contributed by atoms with van der Waals surface area (Å²) < 4.78 is 27.5. The molecule has 2 rings (SSSR count). The summed E-state index contributed by atoms with van der Waals surface area (Å²) in [7, 11) is -2.14. The fourth-order valence-corrected chi connectivity index (χ4v) is 3.12. The number of rotatable bonds is 4. The van der Waals surface area contributed by atoms with E-state index in [1.165, 1.54) is 18.5 Å². The lowest BCUT2D eigenvalue weighted by Gasteiger charge is -2.11. The molecule has 0 atom stereocenters. The van der Waals surface area contributed by atoms with Crippen molar-refractivity contribution in [2.75, 3.05) is 17.1 Å². The van der Waals surface area contributed by atoms with Crippen molar-refractivity contribution in [3.63, 3.8) is 0 Å².